The van der Waals surface area contributed by atoms with Crippen molar-refractivity contribution in [2.45, 2.75) is 32.1 Å². The lowest BCUT2D eigenvalue weighted by Crippen LogP contribution is -2.25. The van der Waals surface area contributed by atoms with Gasteiger partial charge in [0.15, 0.2) is 0 Å². The Balaban J connectivity index is 2.69. The molecular weight excluding hydrogens is 195 g/mol. The Hall–Kier alpha value is -1.04. The maximum Gasteiger partial charge on any atom is 0.419 e. The summed E-state index contributed by atoms with van der Waals surface area (Å²) in [7, 11) is 0. The maximum atomic E-state index is 12.1. The van der Waals surface area contributed by atoms with Crippen molar-refractivity contribution in [2.75, 3.05) is 0 Å². The van der Waals surface area contributed by atoms with Gasteiger partial charge in [-0.05, 0) is 6.42 Å². The third-order valence-electron chi connectivity index (χ3n) is 1.91. The highest BCUT2D eigenvalue weighted by atomic mass is 19.4. The van der Waals surface area contributed by atoms with E-state index in [-0.39, 0.29) is 6.04 Å². The van der Waals surface area contributed by atoms with Gasteiger partial charge < -0.3 is 5.73 Å². The highest BCUT2D eigenvalue weighted by Crippen LogP contribution is 2.28. The molecule has 0 aliphatic carbocycles. The van der Waals surface area contributed by atoms with Gasteiger partial charge in [-0.25, -0.2) is 0 Å². The van der Waals surface area contributed by atoms with Crippen LogP contribution in [0.5, 0.6) is 0 Å². The van der Waals surface area contributed by atoms with E-state index in [1.165, 1.54) is 4.68 Å². The largest absolute Gasteiger partial charge is 0.419 e. The lowest BCUT2D eigenvalue weighted by atomic mass is 10.2. The fraction of sp³-hybridized carbons (Fsp3) is 0.625. The summed E-state index contributed by atoms with van der Waals surface area (Å²) in [6.07, 6.45) is -1.84. The number of rotatable bonds is 3. The van der Waals surface area contributed by atoms with E-state index in [0.717, 1.165) is 12.4 Å². The first kappa shape index (κ1) is 11.0. The van der Waals surface area contributed by atoms with Crippen LogP contribution in [0.15, 0.2) is 12.4 Å². The molecule has 1 rings (SSSR count). The predicted molar refractivity (Wildman–Crippen MR) is 45.5 cm³/mol. The van der Waals surface area contributed by atoms with Crippen molar-refractivity contribution >= 4 is 0 Å². The summed E-state index contributed by atoms with van der Waals surface area (Å²) >= 11 is 0. The van der Waals surface area contributed by atoms with Gasteiger partial charge in [-0.15, -0.1) is 0 Å². The topological polar surface area (TPSA) is 43.8 Å². The molecule has 0 aliphatic heterocycles. The number of halogens is 3. The molecule has 80 valence electrons. The second kappa shape index (κ2) is 4.00. The molecule has 1 aromatic heterocycles. The normalized spacial score (nSPS) is 14.4. The van der Waals surface area contributed by atoms with Gasteiger partial charge in [-0.1, -0.05) is 6.92 Å². The molecule has 14 heavy (non-hydrogen) atoms. The van der Waals surface area contributed by atoms with Crippen LogP contribution >= 0.6 is 0 Å². The van der Waals surface area contributed by atoms with E-state index < -0.39 is 11.7 Å². The molecule has 1 aromatic rings. The summed E-state index contributed by atoms with van der Waals surface area (Å²) < 4.78 is 37.6. The van der Waals surface area contributed by atoms with Crippen LogP contribution in [0.1, 0.15) is 18.9 Å². The van der Waals surface area contributed by atoms with Crippen LogP contribution < -0.4 is 5.73 Å². The Morgan fingerprint density at radius 1 is 1.57 bits per heavy atom. The number of alkyl halides is 3. The maximum absolute atomic E-state index is 12.1. The monoisotopic (exact) mass is 207 g/mol. The van der Waals surface area contributed by atoms with Gasteiger partial charge in [0, 0.05) is 12.2 Å². The molecule has 1 heterocycles. The van der Waals surface area contributed by atoms with Crippen LogP contribution in [0.4, 0.5) is 13.2 Å². The summed E-state index contributed by atoms with van der Waals surface area (Å²) in [6, 6.07) is -0.156. The van der Waals surface area contributed by atoms with Crippen molar-refractivity contribution in [1.29, 1.82) is 0 Å². The highest BCUT2D eigenvalue weighted by molar-refractivity contribution is 5.08. The van der Waals surface area contributed by atoms with Crippen molar-refractivity contribution in [3.05, 3.63) is 18.0 Å². The molecule has 0 fully saturated rings. The number of nitrogens with two attached hydrogens (primary N) is 1. The van der Waals surface area contributed by atoms with Crippen LogP contribution in [0.3, 0.4) is 0 Å². The van der Waals surface area contributed by atoms with Gasteiger partial charge in [-0.2, -0.15) is 18.3 Å². The van der Waals surface area contributed by atoms with E-state index in [4.69, 9.17) is 5.73 Å². The molecule has 3 nitrogen and oxygen atoms in total. The van der Waals surface area contributed by atoms with Gasteiger partial charge in [0.2, 0.25) is 0 Å². The zero-order chi connectivity index (χ0) is 10.8. The second-order valence-electron chi connectivity index (χ2n) is 3.12. The number of nitrogens with zero attached hydrogens (tertiary/aromatic N) is 2. The number of hydrogen-bond donors (Lipinski definition) is 1. The van der Waals surface area contributed by atoms with Crippen LogP contribution in [-0.4, -0.2) is 15.8 Å². The fourth-order valence-corrected chi connectivity index (χ4v) is 0.979. The van der Waals surface area contributed by atoms with E-state index in [0.29, 0.717) is 13.0 Å². The summed E-state index contributed by atoms with van der Waals surface area (Å²) in [4.78, 5) is 0. The van der Waals surface area contributed by atoms with Crippen molar-refractivity contribution in [1.82, 2.24) is 9.78 Å². The Labute approximate surface area is 79.7 Å². The molecule has 0 saturated carbocycles. The molecule has 2 N–H and O–H groups in total. The van der Waals surface area contributed by atoms with E-state index in [1.807, 2.05) is 6.92 Å². The average Bonchev–Trinajstić information content (AvgIpc) is 2.51. The van der Waals surface area contributed by atoms with Gasteiger partial charge >= 0.3 is 6.18 Å². The molecule has 0 radical (unpaired) electrons. The SMILES string of the molecule is CCC(N)Cn1cc(C(F)(F)F)cn1. The molecule has 1 atom stereocenters. The van der Waals surface area contributed by atoms with Gasteiger partial charge in [0.1, 0.15) is 0 Å². The molecule has 0 aliphatic rings. The van der Waals surface area contributed by atoms with Crippen molar-refractivity contribution in [2.24, 2.45) is 5.73 Å². The molecule has 0 amide bonds. The van der Waals surface area contributed by atoms with Crippen molar-refractivity contribution < 1.29 is 13.2 Å². The van der Waals surface area contributed by atoms with E-state index in [2.05, 4.69) is 5.10 Å². The third-order valence-corrected chi connectivity index (χ3v) is 1.91. The van der Waals surface area contributed by atoms with E-state index >= 15 is 0 Å². The van der Waals surface area contributed by atoms with Crippen LogP contribution in [0, 0.1) is 0 Å². The quantitative estimate of drug-likeness (QED) is 0.818. The minimum absolute atomic E-state index is 0.156. The molecule has 0 aromatic carbocycles. The Bertz CT molecular complexity index is 292. The first-order chi connectivity index (χ1) is 6.43. The lowest BCUT2D eigenvalue weighted by Gasteiger charge is -2.07. The van der Waals surface area contributed by atoms with Gasteiger partial charge in [0.05, 0.1) is 18.3 Å². The zero-order valence-electron chi connectivity index (χ0n) is 7.75. The molecule has 0 saturated heterocycles. The minimum atomic E-state index is -4.32. The highest BCUT2D eigenvalue weighted by Gasteiger charge is 2.32. The molecule has 6 heteroatoms. The first-order valence-corrected chi connectivity index (χ1v) is 4.28. The summed E-state index contributed by atoms with van der Waals surface area (Å²) in [6.45, 7) is 2.19. The first-order valence-electron chi connectivity index (χ1n) is 4.28. The summed E-state index contributed by atoms with van der Waals surface area (Å²) in [5.74, 6) is 0. The fourth-order valence-electron chi connectivity index (χ4n) is 0.979. The van der Waals surface area contributed by atoms with E-state index in [9.17, 15) is 13.2 Å². The summed E-state index contributed by atoms with van der Waals surface area (Å²) in [5.41, 5.74) is 4.85. The van der Waals surface area contributed by atoms with Crippen molar-refractivity contribution in [3.8, 4) is 0 Å². The van der Waals surface area contributed by atoms with Crippen LogP contribution in [0.25, 0.3) is 0 Å². The Morgan fingerprint density at radius 2 is 2.21 bits per heavy atom. The van der Waals surface area contributed by atoms with Crippen molar-refractivity contribution in [3.63, 3.8) is 0 Å². The summed E-state index contributed by atoms with van der Waals surface area (Å²) in [5, 5.41) is 3.59. The lowest BCUT2D eigenvalue weighted by molar-refractivity contribution is -0.137. The minimum Gasteiger partial charge on any atom is -0.326 e. The molecular formula is C8H12F3N3. The molecule has 0 spiro atoms. The predicted octanol–water partition coefficient (Wildman–Crippen LogP) is 1.64. The van der Waals surface area contributed by atoms with Crippen LogP contribution in [0.2, 0.25) is 0 Å². The number of aromatic nitrogens is 2. The van der Waals surface area contributed by atoms with Gasteiger partial charge in [-0.3, -0.25) is 4.68 Å². The average molecular weight is 207 g/mol. The van der Waals surface area contributed by atoms with E-state index in [1.54, 1.807) is 0 Å². The standard InChI is InChI=1S/C8H12F3N3/c1-2-7(12)5-14-4-6(3-13-14)8(9,10)11/h3-4,7H,2,5,12H2,1H3. The molecule has 0 bridgehead atoms. The zero-order valence-corrected chi connectivity index (χ0v) is 7.75. The van der Waals surface area contributed by atoms with Gasteiger partial charge in [0.25, 0.3) is 0 Å². The molecule has 1 unspecified atom stereocenters. The van der Waals surface area contributed by atoms with Crippen LogP contribution in [-0.2, 0) is 12.7 Å². The third kappa shape index (κ3) is 2.73. The number of hydrogen-bond acceptors (Lipinski definition) is 2. The smallest absolute Gasteiger partial charge is 0.326 e. The Morgan fingerprint density at radius 3 is 2.64 bits per heavy atom. The second-order valence-corrected chi connectivity index (χ2v) is 3.12. The Kier molecular flexibility index (Phi) is 3.15.